The number of aromatic nitrogens is 1. The maximum Gasteiger partial charge on any atom is 0.264 e. The van der Waals surface area contributed by atoms with Crippen LogP contribution in [0.5, 0.6) is 0 Å². The molecule has 1 N–H and O–H groups in total. The molecule has 124 valence electrons. The van der Waals surface area contributed by atoms with Crippen LogP contribution in [0.3, 0.4) is 0 Å². The molecule has 0 aliphatic carbocycles. The number of nitrogens with zero attached hydrogens (tertiary/aromatic N) is 1. The van der Waals surface area contributed by atoms with Crippen LogP contribution in [0.25, 0.3) is 16.6 Å². The number of aryl methyl sites for hydroxylation is 1. The van der Waals surface area contributed by atoms with Gasteiger partial charge in [-0.2, -0.15) is 0 Å². The van der Waals surface area contributed by atoms with E-state index in [1.165, 1.54) is 18.2 Å². The molecule has 0 aliphatic heterocycles. The van der Waals surface area contributed by atoms with Gasteiger partial charge in [0.1, 0.15) is 5.82 Å². The summed E-state index contributed by atoms with van der Waals surface area (Å²) in [4.78, 5) is 12.0. The van der Waals surface area contributed by atoms with Crippen molar-refractivity contribution in [3.63, 3.8) is 0 Å². The van der Waals surface area contributed by atoms with Gasteiger partial charge in [0.05, 0.1) is 11.8 Å². The van der Waals surface area contributed by atoms with Gasteiger partial charge in [-0.25, -0.2) is 17.5 Å². The molecule has 0 spiro atoms. The van der Waals surface area contributed by atoms with Crippen molar-refractivity contribution in [2.24, 2.45) is 0 Å². The molecule has 0 radical (unpaired) electrons. The fourth-order valence-electron chi connectivity index (χ4n) is 2.60. The Morgan fingerprint density at radius 1 is 1.17 bits per heavy atom. The van der Waals surface area contributed by atoms with Gasteiger partial charge in [-0.15, -0.1) is 0 Å². The largest absolute Gasteiger partial charge is 0.316 e. The van der Waals surface area contributed by atoms with Crippen LogP contribution in [-0.4, -0.2) is 25.1 Å². The Bertz CT molecular complexity index is 1050. The van der Waals surface area contributed by atoms with Crippen molar-refractivity contribution in [1.82, 2.24) is 9.29 Å². The van der Waals surface area contributed by atoms with Crippen molar-refractivity contribution < 1.29 is 17.6 Å². The molecule has 0 unspecified atom stereocenters. The van der Waals surface area contributed by atoms with Crippen molar-refractivity contribution >= 4 is 26.8 Å². The quantitative estimate of drug-likeness (QED) is 0.793. The number of hydrogen-bond acceptors (Lipinski definition) is 3. The van der Waals surface area contributed by atoms with Crippen molar-refractivity contribution in [2.45, 2.75) is 6.92 Å². The van der Waals surface area contributed by atoms with Crippen molar-refractivity contribution in [1.29, 1.82) is 0 Å². The van der Waals surface area contributed by atoms with Crippen molar-refractivity contribution in [3.05, 3.63) is 65.6 Å². The Morgan fingerprint density at radius 3 is 2.58 bits per heavy atom. The minimum absolute atomic E-state index is 0.244. The van der Waals surface area contributed by atoms with E-state index >= 15 is 0 Å². The van der Waals surface area contributed by atoms with Gasteiger partial charge in [0.2, 0.25) is 10.0 Å². The second-order valence-electron chi connectivity index (χ2n) is 5.60. The van der Waals surface area contributed by atoms with E-state index in [2.05, 4.69) is 0 Å². The van der Waals surface area contributed by atoms with Crippen LogP contribution in [0, 0.1) is 12.7 Å². The van der Waals surface area contributed by atoms with E-state index in [-0.39, 0.29) is 11.4 Å². The summed E-state index contributed by atoms with van der Waals surface area (Å²) in [5.41, 5.74) is 2.60. The second-order valence-corrected chi connectivity index (χ2v) is 7.35. The van der Waals surface area contributed by atoms with E-state index in [4.69, 9.17) is 0 Å². The number of hydrogen-bond donors (Lipinski definition) is 1. The number of rotatable bonds is 3. The van der Waals surface area contributed by atoms with Crippen LogP contribution < -0.4 is 4.72 Å². The number of halogens is 1. The van der Waals surface area contributed by atoms with Gasteiger partial charge in [-0.05, 0) is 48.9 Å². The smallest absolute Gasteiger partial charge is 0.264 e. The van der Waals surface area contributed by atoms with E-state index in [0.29, 0.717) is 5.69 Å². The summed E-state index contributed by atoms with van der Waals surface area (Å²) in [7, 11) is -3.62. The number of amides is 1. The first kappa shape index (κ1) is 16.2. The van der Waals surface area contributed by atoms with Gasteiger partial charge in [-0.1, -0.05) is 6.07 Å². The predicted octanol–water partition coefficient (Wildman–Crippen LogP) is 2.77. The number of benzene rings is 2. The Balaban J connectivity index is 2.10. The SMILES string of the molecule is Cc1cn(-c2cccc(F)c2)c2ccc(C(=O)NS(C)(=O)=O)cc12. The molecule has 3 rings (SSSR count). The Labute approximate surface area is 138 Å². The van der Waals surface area contributed by atoms with Gasteiger partial charge in [0, 0.05) is 22.8 Å². The van der Waals surface area contributed by atoms with E-state index < -0.39 is 15.9 Å². The van der Waals surface area contributed by atoms with Crippen molar-refractivity contribution in [2.75, 3.05) is 6.26 Å². The summed E-state index contributed by atoms with van der Waals surface area (Å²) in [6, 6.07) is 11.1. The number of carbonyl (C=O) groups excluding carboxylic acids is 1. The van der Waals surface area contributed by atoms with Crippen LogP contribution in [0.2, 0.25) is 0 Å². The molecule has 3 aromatic rings. The van der Waals surface area contributed by atoms with Gasteiger partial charge >= 0.3 is 0 Å². The molecule has 0 saturated heterocycles. The molecule has 0 aliphatic rings. The average Bonchev–Trinajstić information content (AvgIpc) is 2.82. The van der Waals surface area contributed by atoms with Crippen molar-refractivity contribution in [3.8, 4) is 5.69 Å². The molecule has 0 bridgehead atoms. The fraction of sp³-hybridized carbons (Fsp3) is 0.118. The zero-order chi connectivity index (χ0) is 17.5. The third kappa shape index (κ3) is 3.16. The van der Waals surface area contributed by atoms with Gasteiger partial charge in [0.15, 0.2) is 0 Å². The molecule has 0 fully saturated rings. The molecule has 1 heterocycles. The number of nitrogens with one attached hydrogen (secondary N) is 1. The van der Waals surface area contributed by atoms with E-state index in [0.717, 1.165) is 22.7 Å². The summed E-state index contributed by atoms with van der Waals surface area (Å²) in [5.74, 6) is -1.02. The average molecular weight is 346 g/mol. The summed E-state index contributed by atoms with van der Waals surface area (Å²) in [5, 5.41) is 0.792. The van der Waals surface area contributed by atoms with Crippen LogP contribution in [-0.2, 0) is 10.0 Å². The molecule has 0 saturated carbocycles. The molecular formula is C17H15FN2O3S. The molecule has 7 heteroatoms. The maximum absolute atomic E-state index is 13.5. The van der Waals surface area contributed by atoms with Crippen LogP contribution in [0.4, 0.5) is 4.39 Å². The standard InChI is InChI=1S/C17H15FN2O3S/c1-11-10-20(14-5-3-4-13(18)9-14)16-7-6-12(8-15(11)16)17(21)19-24(2,22)23/h3-10H,1-2H3,(H,19,21). The third-order valence-electron chi connectivity index (χ3n) is 3.63. The Morgan fingerprint density at radius 2 is 1.92 bits per heavy atom. The monoisotopic (exact) mass is 346 g/mol. The van der Waals surface area contributed by atoms with Gasteiger partial charge < -0.3 is 4.57 Å². The maximum atomic E-state index is 13.5. The second kappa shape index (κ2) is 5.76. The number of sulfonamides is 1. The highest BCUT2D eigenvalue weighted by molar-refractivity contribution is 7.89. The lowest BCUT2D eigenvalue weighted by Gasteiger charge is -2.07. The number of carbonyl (C=O) groups is 1. The minimum atomic E-state index is -3.62. The molecule has 1 amide bonds. The van der Waals surface area contributed by atoms with E-state index in [9.17, 15) is 17.6 Å². The first-order valence-electron chi connectivity index (χ1n) is 7.14. The molecule has 1 aromatic heterocycles. The zero-order valence-electron chi connectivity index (χ0n) is 13.1. The van der Waals surface area contributed by atoms with Crippen LogP contribution >= 0.6 is 0 Å². The Kier molecular flexibility index (Phi) is 3.88. The zero-order valence-corrected chi connectivity index (χ0v) is 13.9. The highest BCUT2D eigenvalue weighted by atomic mass is 32.2. The molecule has 24 heavy (non-hydrogen) atoms. The highest BCUT2D eigenvalue weighted by Gasteiger charge is 2.14. The van der Waals surface area contributed by atoms with Crippen LogP contribution in [0.1, 0.15) is 15.9 Å². The molecule has 0 atom stereocenters. The lowest BCUT2D eigenvalue weighted by atomic mass is 10.1. The predicted molar refractivity (Wildman–Crippen MR) is 90.3 cm³/mol. The lowest BCUT2D eigenvalue weighted by molar-refractivity contribution is 0.0982. The third-order valence-corrected chi connectivity index (χ3v) is 4.19. The summed E-state index contributed by atoms with van der Waals surface area (Å²) >= 11 is 0. The summed E-state index contributed by atoms with van der Waals surface area (Å²) in [6.45, 7) is 1.87. The normalized spacial score (nSPS) is 11.6. The number of fused-ring (bicyclic) bond motifs is 1. The summed E-state index contributed by atoms with van der Waals surface area (Å²) < 4.78 is 39.6. The molecule has 5 nitrogen and oxygen atoms in total. The highest BCUT2D eigenvalue weighted by Crippen LogP contribution is 2.26. The fourth-order valence-corrected chi connectivity index (χ4v) is 3.06. The summed E-state index contributed by atoms with van der Waals surface area (Å²) in [6.07, 6.45) is 2.77. The lowest BCUT2D eigenvalue weighted by Crippen LogP contribution is -2.29. The first-order chi connectivity index (χ1) is 11.2. The Hall–Kier alpha value is -2.67. The van der Waals surface area contributed by atoms with E-state index in [1.54, 1.807) is 24.3 Å². The van der Waals surface area contributed by atoms with Gasteiger partial charge in [0.25, 0.3) is 5.91 Å². The molecular weight excluding hydrogens is 331 g/mol. The first-order valence-corrected chi connectivity index (χ1v) is 9.03. The topological polar surface area (TPSA) is 68.2 Å². The van der Waals surface area contributed by atoms with Gasteiger partial charge in [-0.3, -0.25) is 4.79 Å². The minimum Gasteiger partial charge on any atom is -0.316 e. The molecule has 2 aromatic carbocycles. The van der Waals surface area contributed by atoms with Crippen LogP contribution in [0.15, 0.2) is 48.7 Å². The van der Waals surface area contributed by atoms with E-state index in [1.807, 2.05) is 22.4 Å².